The summed E-state index contributed by atoms with van der Waals surface area (Å²) >= 11 is 11.7. The first-order valence-corrected chi connectivity index (χ1v) is 9.44. The number of benzene rings is 2. The predicted molar refractivity (Wildman–Crippen MR) is 107 cm³/mol. The molecule has 0 heterocycles. The number of halogens is 2. The first-order valence-electron chi connectivity index (χ1n) is 8.65. The molecule has 2 aromatic carbocycles. The Bertz CT molecular complexity index is 744. The summed E-state index contributed by atoms with van der Waals surface area (Å²) in [5.74, 6) is -0.303. The highest BCUT2D eigenvalue weighted by atomic mass is 35.5. The molecule has 5 heteroatoms. The summed E-state index contributed by atoms with van der Waals surface area (Å²) in [7, 11) is 0. The lowest BCUT2D eigenvalue weighted by molar-refractivity contribution is 0.362. The molecule has 3 rings (SSSR count). The largest absolute Gasteiger partial charge is 0.357 e. The molecule has 0 saturated heterocycles. The molecule has 2 N–H and O–H groups in total. The lowest BCUT2D eigenvalue weighted by Crippen LogP contribution is -2.48. The van der Waals surface area contributed by atoms with Gasteiger partial charge in [-0.3, -0.25) is 0 Å². The zero-order valence-electron chi connectivity index (χ0n) is 14.0. The van der Waals surface area contributed by atoms with Crippen LogP contribution in [0.1, 0.15) is 37.7 Å². The van der Waals surface area contributed by atoms with E-state index in [0.717, 1.165) is 36.3 Å². The van der Waals surface area contributed by atoms with E-state index in [4.69, 9.17) is 23.8 Å². The monoisotopic (exact) mass is 376 g/mol. The second kappa shape index (κ2) is 8.15. The minimum atomic E-state index is -0.303. The zero-order chi connectivity index (χ0) is 17.7. The molecule has 1 saturated carbocycles. The van der Waals surface area contributed by atoms with E-state index in [2.05, 4.69) is 16.7 Å². The van der Waals surface area contributed by atoms with Crippen molar-refractivity contribution in [2.24, 2.45) is 0 Å². The first-order chi connectivity index (χ1) is 12.1. The predicted octanol–water partition coefficient (Wildman–Crippen LogP) is 5.71. The Hall–Kier alpha value is -1.65. The maximum absolute atomic E-state index is 13.8. The minimum absolute atomic E-state index is 0.0471. The number of para-hydroxylation sites is 1. The van der Waals surface area contributed by atoms with Crippen LogP contribution in [0, 0.1) is 5.82 Å². The molecule has 0 radical (unpaired) electrons. The molecule has 2 aromatic rings. The summed E-state index contributed by atoms with van der Waals surface area (Å²) in [6.07, 6.45) is 6.34. The molecule has 0 aliphatic heterocycles. The van der Waals surface area contributed by atoms with Crippen molar-refractivity contribution in [1.82, 2.24) is 5.32 Å². The Morgan fingerprint density at radius 3 is 2.48 bits per heavy atom. The number of thiocarbonyl (C=S) groups is 1. The van der Waals surface area contributed by atoms with E-state index in [-0.39, 0.29) is 11.4 Å². The summed E-state index contributed by atoms with van der Waals surface area (Å²) in [5, 5.41) is 7.75. The highest BCUT2D eigenvalue weighted by molar-refractivity contribution is 7.80. The van der Waals surface area contributed by atoms with Crippen LogP contribution in [-0.2, 0) is 6.42 Å². The topological polar surface area (TPSA) is 24.1 Å². The van der Waals surface area contributed by atoms with Gasteiger partial charge in [-0.1, -0.05) is 54.8 Å². The van der Waals surface area contributed by atoms with Gasteiger partial charge < -0.3 is 10.6 Å². The summed E-state index contributed by atoms with van der Waals surface area (Å²) < 4.78 is 13.8. The molecule has 1 fully saturated rings. The van der Waals surface area contributed by atoms with E-state index >= 15 is 0 Å². The van der Waals surface area contributed by atoms with Gasteiger partial charge in [0.15, 0.2) is 5.11 Å². The Morgan fingerprint density at radius 1 is 1.08 bits per heavy atom. The van der Waals surface area contributed by atoms with Crippen LogP contribution in [0.25, 0.3) is 0 Å². The maximum Gasteiger partial charge on any atom is 0.171 e. The first kappa shape index (κ1) is 18.2. The lowest BCUT2D eigenvalue weighted by atomic mass is 9.89. The van der Waals surface area contributed by atoms with Gasteiger partial charge in [0.2, 0.25) is 0 Å². The third kappa shape index (κ3) is 4.71. The summed E-state index contributed by atoms with van der Waals surface area (Å²) in [6, 6.07) is 14.5. The maximum atomic E-state index is 13.8. The van der Waals surface area contributed by atoms with Crippen molar-refractivity contribution in [1.29, 1.82) is 0 Å². The fraction of sp³-hybridized carbons (Fsp3) is 0.350. The smallest absolute Gasteiger partial charge is 0.171 e. The van der Waals surface area contributed by atoms with Crippen molar-refractivity contribution < 1.29 is 4.39 Å². The van der Waals surface area contributed by atoms with Crippen molar-refractivity contribution in [2.45, 2.75) is 44.1 Å². The van der Waals surface area contributed by atoms with Gasteiger partial charge in [0, 0.05) is 10.6 Å². The van der Waals surface area contributed by atoms with Crippen LogP contribution in [0.5, 0.6) is 0 Å². The van der Waals surface area contributed by atoms with E-state index in [1.807, 2.05) is 18.2 Å². The van der Waals surface area contributed by atoms with Crippen molar-refractivity contribution in [3.05, 3.63) is 64.9 Å². The van der Waals surface area contributed by atoms with Crippen LogP contribution in [0.2, 0.25) is 5.02 Å². The normalized spacial score (nSPS) is 15.8. The lowest BCUT2D eigenvalue weighted by Gasteiger charge is -2.32. The van der Waals surface area contributed by atoms with Gasteiger partial charge in [0.1, 0.15) is 5.82 Å². The van der Waals surface area contributed by atoms with Crippen LogP contribution < -0.4 is 10.6 Å². The standard InChI is InChI=1S/C20H22ClFN2S/c21-16-8-2-1-7-15(16)11-14-20(12-5-6-13-20)24-19(25)23-18-10-4-3-9-17(18)22/h1-4,7-10H,5-6,11-14H2,(H2,23,24,25). The van der Waals surface area contributed by atoms with E-state index in [0.29, 0.717) is 10.8 Å². The minimum Gasteiger partial charge on any atom is -0.357 e. The molecule has 1 aliphatic rings. The second-order valence-electron chi connectivity index (χ2n) is 6.64. The Morgan fingerprint density at radius 2 is 1.76 bits per heavy atom. The molecular formula is C20H22ClFN2S. The number of hydrogen-bond donors (Lipinski definition) is 2. The quantitative estimate of drug-likeness (QED) is 0.653. The van der Waals surface area contributed by atoms with Crippen molar-refractivity contribution >= 4 is 34.6 Å². The van der Waals surface area contributed by atoms with Crippen LogP contribution in [0.4, 0.5) is 10.1 Å². The van der Waals surface area contributed by atoms with Gasteiger partial charge in [-0.2, -0.15) is 0 Å². The number of nitrogens with one attached hydrogen (secondary N) is 2. The Labute approximate surface area is 158 Å². The van der Waals surface area contributed by atoms with Gasteiger partial charge in [-0.15, -0.1) is 0 Å². The second-order valence-corrected chi connectivity index (χ2v) is 7.45. The van der Waals surface area contributed by atoms with E-state index < -0.39 is 0 Å². The van der Waals surface area contributed by atoms with E-state index in [1.54, 1.807) is 18.2 Å². The molecule has 132 valence electrons. The van der Waals surface area contributed by atoms with Crippen molar-refractivity contribution in [3.63, 3.8) is 0 Å². The summed E-state index contributed by atoms with van der Waals surface area (Å²) in [6.45, 7) is 0. The van der Waals surface area contributed by atoms with E-state index in [1.165, 1.54) is 18.9 Å². The van der Waals surface area contributed by atoms with Crippen LogP contribution >= 0.6 is 23.8 Å². The Kier molecular flexibility index (Phi) is 5.92. The highest BCUT2D eigenvalue weighted by Gasteiger charge is 2.34. The molecule has 0 amide bonds. The molecular weight excluding hydrogens is 355 g/mol. The molecule has 1 aliphatic carbocycles. The number of anilines is 1. The van der Waals surface area contributed by atoms with Gasteiger partial charge in [0.05, 0.1) is 5.69 Å². The molecule has 0 atom stereocenters. The number of hydrogen-bond acceptors (Lipinski definition) is 1. The third-order valence-corrected chi connectivity index (χ3v) is 5.46. The van der Waals surface area contributed by atoms with Crippen LogP contribution in [0.15, 0.2) is 48.5 Å². The number of aryl methyl sites for hydroxylation is 1. The van der Waals surface area contributed by atoms with Crippen LogP contribution in [-0.4, -0.2) is 10.7 Å². The highest BCUT2D eigenvalue weighted by Crippen LogP contribution is 2.34. The van der Waals surface area contributed by atoms with Gasteiger partial charge >= 0.3 is 0 Å². The third-order valence-electron chi connectivity index (χ3n) is 4.89. The number of rotatable bonds is 5. The fourth-order valence-electron chi connectivity index (χ4n) is 3.52. The average molecular weight is 377 g/mol. The zero-order valence-corrected chi connectivity index (χ0v) is 15.6. The summed E-state index contributed by atoms with van der Waals surface area (Å²) in [4.78, 5) is 0. The SMILES string of the molecule is Fc1ccccc1NC(=S)NC1(CCc2ccccc2Cl)CCCC1. The van der Waals surface area contributed by atoms with Gasteiger partial charge in [-0.25, -0.2) is 4.39 Å². The fourth-order valence-corrected chi connectivity index (χ4v) is 4.08. The molecule has 0 bridgehead atoms. The van der Waals surface area contributed by atoms with E-state index in [9.17, 15) is 4.39 Å². The average Bonchev–Trinajstić information content (AvgIpc) is 3.05. The summed E-state index contributed by atoms with van der Waals surface area (Å²) in [5.41, 5.74) is 1.51. The molecule has 25 heavy (non-hydrogen) atoms. The Balaban J connectivity index is 1.65. The van der Waals surface area contributed by atoms with Gasteiger partial charge in [-0.05, 0) is 61.7 Å². The molecule has 0 unspecified atom stereocenters. The molecule has 0 spiro atoms. The molecule has 2 nitrogen and oxygen atoms in total. The van der Waals surface area contributed by atoms with Crippen molar-refractivity contribution in [2.75, 3.05) is 5.32 Å². The van der Waals surface area contributed by atoms with Crippen LogP contribution in [0.3, 0.4) is 0 Å². The van der Waals surface area contributed by atoms with Gasteiger partial charge in [0.25, 0.3) is 0 Å². The van der Waals surface area contributed by atoms with Crippen molar-refractivity contribution in [3.8, 4) is 0 Å². The molecule has 0 aromatic heterocycles.